The van der Waals surface area contributed by atoms with Crippen molar-refractivity contribution in [3.05, 3.63) is 23.3 Å². The second-order valence-corrected chi connectivity index (χ2v) is 8.29. The Kier molecular flexibility index (Phi) is 5.50. The number of hydrogen-bond acceptors (Lipinski definition) is 5. The third-order valence-electron chi connectivity index (χ3n) is 6.07. The van der Waals surface area contributed by atoms with Gasteiger partial charge in [0, 0.05) is 50.3 Å². The van der Waals surface area contributed by atoms with Crippen molar-refractivity contribution in [3.8, 4) is 0 Å². The normalized spacial score (nSPS) is 27.2. The molecule has 0 aromatic carbocycles. The highest BCUT2D eigenvalue weighted by molar-refractivity contribution is 5.78. The van der Waals surface area contributed by atoms with Gasteiger partial charge in [-0.3, -0.25) is 9.69 Å². The molecule has 3 aliphatic rings. The molecule has 26 heavy (non-hydrogen) atoms. The number of piperidine rings is 2. The first-order valence-corrected chi connectivity index (χ1v) is 10.2. The predicted octanol–water partition coefficient (Wildman–Crippen LogP) is 1.56. The quantitative estimate of drug-likeness (QED) is 0.890. The smallest absolute Gasteiger partial charge is 0.237 e. The lowest BCUT2D eigenvalue weighted by molar-refractivity contribution is -0.133. The van der Waals surface area contributed by atoms with E-state index in [1.165, 1.54) is 25.7 Å². The number of nitrogens with one attached hydrogen (secondary N) is 1. The van der Waals surface area contributed by atoms with Crippen LogP contribution in [0.2, 0.25) is 0 Å². The van der Waals surface area contributed by atoms with Crippen molar-refractivity contribution in [2.75, 3.05) is 39.3 Å². The zero-order chi connectivity index (χ0) is 17.9. The third-order valence-corrected chi connectivity index (χ3v) is 6.07. The summed E-state index contributed by atoms with van der Waals surface area (Å²) in [6, 6.07) is 0. The molecule has 6 nitrogen and oxygen atoms in total. The van der Waals surface area contributed by atoms with Crippen molar-refractivity contribution < 1.29 is 4.79 Å². The molecule has 142 valence electrons. The standard InChI is InChI=1S/C20H31N5O/c1-15-4-3-8-24(12-15)14-19(26)25-9-6-18-17(13-25)11-22-20(23-18)16-5-2-7-21-10-16/h11,15-16,21H,2-10,12-14H2,1H3. The lowest BCUT2D eigenvalue weighted by Crippen LogP contribution is -2.45. The highest BCUT2D eigenvalue weighted by Crippen LogP contribution is 2.23. The van der Waals surface area contributed by atoms with Gasteiger partial charge in [0.2, 0.25) is 5.91 Å². The van der Waals surface area contributed by atoms with Gasteiger partial charge in [0.1, 0.15) is 5.82 Å². The summed E-state index contributed by atoms with van der Waals surface area (Å²) < 4.78 is 0. The SMILES string of the molecule is CC1CCCN(CC(=O)N2CCc3nc(C4CCCNC4)ncc3C2)C1. The Hall–Kier alpha value is -1.53. The fraction of sp³-hybridized carbons (Fsp3) is 0.750. The zero-order valence-electron chi connectivity index (χ0n) is 15.9. The number of fused-ring (bicyclic) bond motifs is 1. The number of carbonyl (C=O) groups is 1. The van der Waals surface area contributed by atoms with Crippen molar-refractivity contribution in [2.45, 2.75) is 51.5 Å². The fourth-order valence-corrected chi connectivity index (χ4v) is 4.53. The van der Waals surface area contributed by atoms with E-state index in [4.69, 9.17) is 4.98 Å². The van der Waals surface area contributed by atoms with Gasteiger partial charge >= 0.3 is 0 Å². The molecule has 1 aromatic heterocycles. The molecular formula is C20H31N5O. The minimum absolute atomic E-state index is 0.255. The molecule has 6 heteroatoms. The van der Waals surface area contributed by atoms with E-state index in [-0.39, 0.29) is 5.91 Å². The van der Waals surface area contributed by atoms with Crippen LogP contribution in [0.3, 0.4) is 0 Å². The van der Waals surface area contributed by atoms with Gasteiger partial charge in [-0.2, -0.15) is 0 Å². The topological polar surface area (TPSA) is 61.4 Å². The summed E-state index contributed by atoms with van der Waals surface area (Å²) in [5.41, 5.74) is 2.28. The van der Waals surface area contributed by atoms with E-state index in [1.54, 1.807) is 0 Å². The van der Waals surface area contributed by atoms with Crippen LogP contribution in [0.15, 0.2) is 6.20 Å². The average Bonchev–Trinajstić information content (AvgIpc) is 2.68. The summed E-state index contributed by atoms with van der Waals surface area (Å²) in [5, 5.41) is 3.44. The van der Waals surface area contributed by atoms with Gasteiger partial charge in [-0.1, -0.05) is 6.92 Å². The summed E-state index contributed by atoms with van der Waals surface area (Å²) in [6.07, 6.45) is 7.69. The Labute approximate surface area is 156 Å². The third kappa shape index (κ3) is 4.07. The van der Waals surface area contributed by atoms with Crippen molar-refractivity contribution >= 4 is 5.91 Å². The predicted molar refractivity (Wildman–Crippen MR) is 101 cm³/mol. The molecule has 2 fully saturated rings. The van der Waals surface area contributed by atoms with Gasteiger partial charge in [-0.05, 0) is 44.7 Å². The highest BCUT2D eigenvalue weighted by Gasteiger charge is 2.26. The number of aromatic nitrogens is 2. The molecule has 1 N–H and O–H groups in total. The van der Waals surface area contributed by atoms with Crippen LogP contribution >= 0.6 is 0 Å². The second-order valence-electron chi connectivity index (χ2n) is 8.29. The molecular weight excluding hydrogens is 326 g/mol. The molecule has 0 radical (unpaired) electrons. The molecule has 2 unspecified atom stereocenters. The van der Waals surface area contributed by atoms with Crippen LogP contribution in [0.25, 0.3) is 0 Å². The van der Waals surface area contributed by atoms with Gasteiger partial charge in [-0.25, -0.2) is 9.97 Å². The second kappa shape index (κ2) is 8.01. The van der Waals surface area contributed by atoms with E-state index in [9.17, 15) is 4.79 Å². The average molecular weight is 358 g/mol. The number of likely N-dealkylation sites (tertiary alicyclic amines) is 1. The summed E-state index contributed by atoms with van der Waals surface area (Å²) in [4.78, 5) is 26.5. The molecule has 4 rings (SSSR count). The molecule has 1 amide bonds. The Bertz CT molecular complexity index is 643. The maximum Gasteiger partial charge on any atom is 0.237 e. The van der Waals surface area contributed by atoms with Crippen LogP contribution in [0.1, 0.15) is 55.6 Å². The number of amides is 1. The van der Waals surface area contributed by atoms with Crippen LogP contribution < -0.4 is 5.32 Å². The Morgan fingerprint density at radius 2 is 2.23 bits per heavy atom. The van der Waals surface area contributed by atoms with E-state index in [0.29, 0.717) is 24.9 Å². The van der Waals surface area contributed by atoms with Crippen LogP contribution in [0.5, 0.6) is 0 Å². The zero-order valence-corrected chi connectivity index (χ0v) is 15.9. The maximum atomic E-state index is 12.7. The van der Waals surface area contributed by atoms with Crippen molar-refractivity contribution in [3.63, 3.8) is 0 Å². The van der Waals surface area contributed by atoms with E-state index in [2.05, 4.69) is 22.1 Å². The van der Waals surface area contributed by atoms with E-state index >= 15 is 0 Å². The lowest BCUT2D eigenvalue weighted by atomic mass is 9.98. The lowest BCUT2D eigenvalue weighted by Gasteiger charge is -2.34. The van der Waals surface area contributed by atoms with Crippen molar-refractivity contribution in [1.82, 2.24) is 25.1 Å². The molecule has 0 spiro atoms. The van der Waals surface area contributed by atoms with E-state index < -0.39 is 0 Å². The molecule has 1 aromatic rings. The molecule has 0 aliphatic carbocycles. The van der Waals surface area contributed by atoms with Gasteiger partial charge in [-0.15, -0.1) is 0 Å². The van der Waals surface area contributed by atoms with E-state index in [1.807, 2.05) is 11.1 Å². The summed E-state index contributed by atoms with van der Waals surface area (Å²) in [7, 11) is 0. The molecule has 2 atom stereocenters. The Morgan fingerprint density at radius 1 is 1.31 bits per heavy atom. The first-order chi connectivity index (χ1) is 12.7. The minimum atomic E-state index is 0.255. The minimum Gasteiger partial charge on any atom is -0.337 e. The van der Waals surface area contributed by atoms with Gasteiger partial charge in [0.15, 0.2) is 0 Å². The molecule has 0 bridgehead atoms. The highest BCUT2D eigenvalue weighted by atomic mass is 16.2. The van der Waals surface area contributed by atoms with Crippen molar-refractivity contribution in [1.29, 1.82) is 0 Å². The fourth-order valence-electron chi connectivity index (χ4n) is 4.53. The monoisotopic (exact) mass is 357 g/mol. The molecule has 2 saturated heterocycles. The molecule has 0 saturated carbocycles. The summed E-state index contributed by atoms with van der Waals surface area (Å²) in [5.74, 6) is 2.39. The first kappa shape index (κ1) is 17.9. The van der Waals surface area contributed by atoms with Crippen LogP contribution in [-0.2, 0) is 17.8 Å². The largest absolute Gasteiger partial charge is 0.337 e. The van der Waals surface area contributed by atoms with Crippen LogP contribution in [0, 0.1) is 5.92 Å². The number of rotatable bonds is 3. The molecule has 4 heterocycles. The number of nitrogens with zero attached hydrogens (tertiary/aromatic N) is 4. The summed E-state index contributed by atoms with van der Waals surface area (Å²) >= 11 is 0. The number of hydrogen-bond donors (Lipinski definition) is 1. The molecule has 3 aliphatic heterocycles. The first-order valence-electron chi connectivity index (χ1n) is 10.2. The number of carbonyl (C=O) groups excluding carboxylic acids is 1. The maximum absolute atomic E-state index is 12.7. The van der Waals surface area contributed by atoms with E-state index in [0.717, 1.165) is 56.2 Å². The van der Waals surface area contributed by atoms with Gasteiger partial charge in [0.25, 0.3) is 0 Å². The van der Waals surface area contributed by atoms with Crippen molar-refractivity contribution in [2.24, 2.45) is 5.92 Å². The Balaban J connectivity index is 1.37. The summed E-state index contributed by atoms with van der Waals surface area (Å²) in [6.45, 7) is 8.50. The van der Waals surface area contributed by atoms with Gasteiger partial charge < -0.3 is 10.2 Å². The van der Waals surface area contributed by atoms with Crippen LogP contribution in [-0.4, -0.2) is 64.9 Å². The van der Waals surface area contributed by atoms with Gasteiger partial charge in [0.05, 0.1) is 12.2 Å². The van der Waals surface area contributed by atoms with Crippen LogP contribution in [0.4, 0.5) is 0 Å². The Morgan fingerprint density at radius 3 is 3.04 bits per heavy atom.